The molecule has 0 atom stereocenters. The predicted molar refractivity (Wildman–Crippen MR) is 25.3 cm³/mol. The van der Waals surface area contributed by atoms with E-state index in [9.17, 15) is 0 Å². The molecule has 0 bridgehead atoms. The van der Waals surface area contributed by atoms with E-state index in [0.717, 1.165) is 3.92 Å². The van der Waals surface area contributed by atoms with Crippen LogP contribution >= 0.6 is 0 Å². The molecule has 0 aromatic heterocycles. The number of rotatable bonds is 3. The van der Waals surface area contributed by atoms with Crippen molar-refractivity contribution in [3.8, 4) is 0 Å². The molecule has 0 radical (unpaired) electrons. The van der Waals surface area contributed by atoms with E-state index in [4.69, 9.17) is 3.17 Å². The molecule has 7 heavy (non-hydrogen) atoms. The first-order valence-corrected chi connectivity index (χ1v) is 4.36. The van der Waals surface area contributed by atoms with Crippen molar-refractivity contribution in [3.05, 3.63) is 0 Å². The molecule has 0 saturated carbocycles. The van der Waals surface area contributed by atoms with Crippen LogP contribution in [0, 0.1) is 0 Å². The maximum atomic E-state index is 4.95. The number of nitrogens with one attached hydrogen (secondary N) is 1. The van der Waals surface area contributed by atoms with E-state index >= 15 is 0 Å². The molecule has 46 valence electrons. The first kappa shape index (κ1) is 7.65. The Kier molecular flexibility index (Phi) is 5.25. The standard InChI is InChI=1S/C4H11INO/c1-4(2)5-7-6-3/h4,6H,1-3H3/q-1. The van der Waals surface area contributed by atoms with Crippen molar-refractivity contribution < 1.29 is 24.8 Å². The normalized spacial score (nSPS) is 10.9. The SMILES string of the molecule is CNO[I-]C(C)C. The van der Waals surface area contributed by atoms with E-state index in [2.05, 4.69) is 19.3 Å². The monoisotopic (exact) mass is 216 g/mol. The van der Waals surface area contributed by atoms with Gasteiger partial charge in [-0.15, -0.1) is 0 Å². The minimum absolute atomic E-state index is 0.0460. The van der Waals surface area contributed by atoms with Gasteiger partial charge in [-0.2, -0.15) is 0 Å². The zero-order chi connectivity index (χ0) is 5.70. The molecule has 0 rings (SSSR count). The summed E-state index contributed by atoms with van der Waals surface area (Å²) in [5.41, 5.74) is 2.65. The van der Waals surface area contributed by atoms with Crippen molar-refractivity contribution >= 4 is 0 Å². The molecule has 3 heteroatoms. The average molecular weight is 216 g/mol. The van der Waals surface area contributed by atoms with Crippen molar-refractivity contribution in [2.24, 2.45) is 0 Å². The molecule has 0 aliphatic heterocycles. The van der Waals surface area contributed by atoms with Crippen LogP contribution in [-0.4, -0.2) is 11.0 Å². The number of alkyl halides is 1. The Hall–Kier alpha value is 0.650. The van der Waals surface area contributed by atoms with Crippen LogP contribution in [0.3, 0.4) is 0 Å². The molecule has 0 aromatic rings. The summed E-state index contributed by atoms with van der Waals surface area (Å²) in [7, 11) is 1.79. The maximum absolute atomic E-state index is 4.95. The quantitative estimate of drug-likeness (QED) is 0.321. The summed E-state index contributed by atoms with van der Waals surface area (Å²) in [6.45, 7) is 4.31. The number of hydrogen-bond acceptors (Lipinski definition) is 2. The van der Waals surface area contributed by atoms with Gasteiger partial charge in [-0.1, -0.05) is 0 Å². The number of hydrogen-bond donors (Lipinski definition) is 1. The Bertz CT molecular complexity index is 40.7. The summed E-state index contributed by atoms with van der Waals surface area (Å²) in [6, 6.07) is 0. The van der Waals surface area contributed by atoms with Gasteiger partial charge in [-0.25, -0.2) is 0 Å². The van der Waals surface area contributed by atoms with Gasteiger partial charge in [0.15, 0.2) is 0 Å². The van der Waals surface area contributed by atoms with E-state index in [1.165, 1.54) is 0 Å². The zero-order valence-electron chi connectivity index (χ0n) is 4.86. The van der Waals surface area contributed by atoms with Crippen molar-refractivity contribution in [2.45, 2.75) is 17.8 Å². The number of hydroxylamine groups is 1. The molecule has 0 aliphatic carbocycles. The summed E-state index contributed by atoms with van der Waals surface area (Å²) in [6.07, 6.45) is 0. The van der Waals surface area contributed by atoms with Gasteiger partial charge in [-0.05, 0) is 0 Å². The molecule has 0 fully saturated rings. The van der Waals surface area contributed by atoms with Crippen LogP contribution in [-0.2, 0) is 3.17 Å². The summed E-state index contributed by atoms with van der Waals surface area (Å²) in [4.78, 5) is 0. The first-order valence-electron chi connectivity index (χ1n) is 2.23. The van der Waals surface area contributed by atoms with Crippen LogP contribution in [0.5, 0.6) is 0 Å². The van der Waals surface area contributed by atoms with Crippen molar-refractivity contribution in [3.63, 3.8) is 0 Å². The molecule has 0 aromatic carbocycles. The van der Waals surface area contributed by atoms with Crippen LogP contribution in [0.2, 0.25) is 0 Å². The van der Waals surface area contributed by atoms with Crippen LogP contribution < -0.4 is 27.1 Å². The van der Waals surface area contributed by atoms with E-state index in [-0.39, 0.29) is 21.6 Å². The van der Waals surface area contributed by atoms with Gasteiger partial charge >= 0.3 is 55.1 Å². The van der Waals surface area contributed by atoms with Crippen molar-refractivity contribution in [1.29, 1.82) is 0 Å². The average Bonchev–Trinajstić information content (AvgIpc) is 1.61. The van der Waals surface area contributed by atoms with Crippen molar-refractivity contribution in [2.75, 3.05) is 7.05 Å². The van der Waals surface area contributed by atoms with E-state index in [1.807, 2.05) is 0 Å². The zero-order valence-corrected chi connectivity index (χ0v) is 7.02. The molecular formula is C4H11INO-. The summed E-state index contributed by atoms with van der Waals surface area (Å²) < 4.78 is 5.68. The fourth-order valence-electron chi connectivity index (χ4n) is 0.134. The Balaban J connectivity index is 2.68. The fourth-order valence-corrected chi connectivity index (χ4v) is 0.896. The predicted octanol–water partition coefficient (Wildman–Crippen LogP) is -2.45. The third-order valence-electron chi connectivity index (χ3n) is 0.300. The van der Waals surface area contributed by atoms with Gasteiger partial charge in [0.2, 0.25) is 0 Å². The first-order chi connectivity index (χ1) is 3.27. The third kappa shape index (κ3) is 6.65. The van der Waals surface area contributed by atoms with Gasteiger partial charge < -0.3 is 0 Å². The topological polar surface area (TPSA) is 21.3 Å². The summed E-state index contributed by atoms with van der Waals surface area (Å²) in [5.74, 6) is 0. The van der Waals surface area contributed by atoms with Crippen LogP contribution in [0.1, 0.15) is 13.8 Å². The molecule has 1 N–H and O–H groups in total. The van der Waals surface area contributed by atoms with E-state index in [0.29, 0.717) is 0 Å². The second kappa shape index (κ2) is 4.80. The molecule has 0 aliphatic rings. The van der Waals surface area contributed by atoms with Crippen molar-refractivity contribution in [1.82, 2.24) is 5.48 Å². The van der Waals surface area contributed by atoms with Gasteiger partial charge in [-0.3, -0.25) is 0 Å². The Labute approximate surface area is 55.4 Å². The van der Waals surface area contributed by atoms with Crippen LogP contribution in [0.15, 0.2) is 0 Å². The minimum atomic E-state index is -0.0460. The van der Waals surface area contributed by atoms with Gasteiger partial charge in [0.25, 0.3) is 0 Å². The summed E-state index contributed by atoms with van der Waals surface area (Å²) >= 11 is -0.0460. The molecule has 0 amide bonds. The van der Waals surface area contributed by atoms with Gasteiger partial charge in [0.05, 0.1) is 0 Å². The Morgan fingerprint density at radius 3 is 2.29 bits per heavy atom. The van der Waals surface area contributed by atoms with Crippen LogP contribution in [0.4, 0.5) is 0 Å². The molecule has 2 nitrogen and oxygen atoms in total. The van der Waals surface area contributed by atoms with Gasteiger partial charge in [0, 0.05) is 0 Å². The summed E-state index contributed by atoms with van der Waals surface area (Å²) in [5, 5.41) is 0. The molecule has 0 saturated heterocycles. The Morgan fingerprint density at radius 1 is 1.57 bits per heavy atom. The van der Waals surface area contributed by atoms with Gasteiger partial charge in [0.1, 0.15) is 0 Å². The third-order valence-corrected chi connectivity index (χ3v) is 2.01. The second-order valence-electron chi connectivity index (χ2n) is 1.38. The van der Waals surface area contributed by atoms with E-state index < -0.39 is 0 Å². The second-order valence-corrected chi connectivity index (χ2v) is 4.82. The molecule has 0 spiro atoms. The molecule has 0 heterocycles. The molecular weight excluding hydrogens is 205 g/mol. The number of halogens is 1. The fraction of sp³-hybridized carbons (Fsp3) is 1.00. The van der Waals surface area contributed by atoms with E-state index in [1.54, 1.807) is 7.05 Å². The molecule has 0 unspecified atom stereocenters. The van der Waals surface area contributed by atoms with Crippen LogP contribution in [0.25, 0.3) is 0 Å². The Morgan fingerprint density at radius 2 is 2.14 bits per heavy atom.